The highest BCUT2D eigenvalue weighted by molar-refractivity contribution is 5.95. The molecule has 20 heavy (non-hydrogen) atoms. The predicted octanol–water partition coefficient (Wildman–Crippen LogP) is 1.53. The lowest BCUT2D eigenvalue weighted by molar-refractivity contribution is -0.384. The summed E-state index contributed by atoms with van der Waals surface area (Å²) >= 11 is 0. The van der Waals surface area contributed by atoms with E-state index in [0.29, 0.717) is 18.5 Å². The molecule has 0 bridgehead atoms. The second kappa shape index (κ2) is 5.28. The van der Waals surface area contributed by atoms with Crippen LogP contribution in [-0.4, -0.2) is 39.4 Å². The molecule has 1 fully saturated rings. The van der Waals surface area contributed by atoms with E-state index in [9.17, 15) is 19.7 Å². The normalized spacial score (nSPS) is 21.8. The third-order valence-corrected chi connectivity index (χ3v) is 3.66. The number of non-ortho nitro benzene ring substituents is 1. The molecule has 106 valence electrons. The molecule has 1 aromatic carbocycles. The lowest BCUT2D eigenvalue weighted by atomic mass is 10.0. The summed E-state index contributed by atoms with van der Waals surface area (Å²) in [5.74, 6) is -1.76. The van der Waals surface area contributed by atoms with Gasteiger partial charge in [0.05, 0.1) is 10.8 Å². The van der Waals surface area contributed by atoms with Gasteiger partial charge >= 0.3 is 5.97 Å². The molecule has 0 spiro atoms. The number of nitro groups is 1. The zero-order chi connectivity index (χ0) is 14.9. The molecule has 1 N–H and O–H groups in total. The minimum Gasteiger partial charge on any atom is -0.481 e. The summed E-state index contributed by atoms with van der Waals surface area (Å²) in [7, 11) is 0. The van der Waals surface area contributed by atoms with Crippen molar-refractivity contribution < 1.29 is 19.6 Å². The molecule has 1 amide bonds. The predicted molar refractivity (Wildman–Crippen MR) is 69.3 cm³/mol. The summed E-state index contributed by atoms with van der Waals surface area (Å²) in [6, 6.07) is 4.93. The second-order valence-electron chi connectivity index (χ2n) is 4.78. The quantitative estimate of drug-likeness (QED) is 0.667. The van der Waals surface area contributed by atoms with Crippen LogP contribution in [-0.2, 0) is 4.79 Å². The van der Waals surface area contributed by atoms with Gasteiger partial charge in [0.2, 0.25) is 0 Å². The highest BCUT2D eigenvalue weighted by Gasteiger charge is 2.38. The lowest BCUT2D eigenvalue weighted by Gasteiger charge is -2.23. The van der Waals surface area contributed by atoms with Crippen molar-refractivity contribution in [3.8, 4) is 0 Å². The van der Waals surface area contributed by atoms with E-state index >= 15 is 0 Å². The summed E-state index contributed by atoms with van der Waals surface area (Å²) in [5, 5.41) is 19.6. The first kappa shape index (κ1) is 14.0. The largest absolute Gasteiger partial charge is 0.481 e. The Hall–Kier alpha value is -2.44. The number of benzene rings is 1. The maximum Gasteiger partial charge on any atom is 0.308 e. The number of hydrogen-bond donors (Lipinski definition) is 1. The average Bonchev–Trinajstić information content (AvgIpc) is 2.80. The zero-order valence-corrected chi connectivity index (χ0v) is 10.9. The fourth-order valence-electron chi connectivity index (χ4n) is 2.45. The van der Waals surface area contributed by atoms with Crippen molar-refractivity contribution in [2.75, 3.05) is 6.54 Å². The highest BCUT2D eigenvalue weighted by atomic mass is 16.6. The number of nitro benzene ring substituents is 1. The average molecular weight is 278 g/mol. The van der Waals surface area contributed by atoms with Crippen LogP contribution in [0.15, 0.2) is 24.3 Å². The van der Waals surface area contributed by atoms with Gasteiger partial charge in [-0.25, -0.2) is 0 Å². The fourth-order valence-corrected chi connectivity index (χ4v) is 2.45. The first-order valence-electron chi connectivity index (χ1n) is 6.20. The van der Waals surface area contributed by atoms with E-state index < -0.39 is 16.8 Å². The maximum absolute atomic E-state index is 12.3. The van der Waals surface area contributed by atoms with Gasteiger partial charge in [0.25, 0.3) is 11.6 Å². The monoisotopic (exact) mass is 278 g/mol. The molecule has 1 aliphatic rings. The Balaban J connectivity index is 2.16. The summed E-state index contributed by atoms with van der Waals surface area (Å²) in [6.07, 6.45) is 0.426. The van der Waals surface area contributed by atoms with Crippen molar-refractivity contribution >= 4 is 17.6 Å². The van der Waals surface area contributed by atoms with Crippen LogP contribution in [0.25, 0.3) is 0 Å². The SMILES string of the molecule is CC1C(C(=O)O)CCN1C(=O)c1ccc([N+](=O)[O-])cc1. The summed E-state index contributed by atoms with van der Waals surface area (Å²) in [4.78, 5) is 34.8. The van der Waals surface area contributed by atoms with E-state index in [1.54, 1.807) is 6.92 Å². The van der Waals surface area contributed by atoms with Crippen molar-refractivity contribution in [3.05, 3.63) is 39.9 Å². The number of hydrogen-bond acceptors (Lipinski definition) is 4. The van der Waals surface area contributed by atoms with E-state index in [4.69, 9.17) is 5.11 Å². The van der Waals surface area contributed by atoms with Crippen LogP contribution in [0.4, 0.5) is 5.69 Å². The molecule has 1 aromatic rings. The fraction of sp³-hybridized carbons (Fsp3) is 0.385. The van der Waals surface area contributed by atoms with E-state index in [1.807, 2.05) is 0 Å². The van der Waals surface area contributed by atoms with Gasteiger partial charge in [0.15, 0.2) is 0 Å². The standard InChI is InChI=1S/C13H14N2O5/c1-8-11(13(17)18)6-7-14(8)12(16)9-2-4-10(5-3-9)15(19)20/h2-5,8,11H,6-7H2,1H3,(H,17,18). The Kier molecular flexibility index (Phi) is 3.69. The molecule has 2 unspecified atom stereocenters. The van der Waals surface area contributed by atoms with Crippen molar-refractivity contribution in [2.24, 2.45) is 5.92 Å². The number of aliphatic carboxylic acids is 1. The molecular formula is C13H14N2O5. The number of rotatable bonds is 3. The van der Waals surface area contributed by atoms with Gasteiger partial charge in [-0.05, 0) is 25.5 Å². The molecular weight excluding hydrogens is 264 g/mol. The van der Waals surface area contributed by atoms with Crippen LogP contribution < -0.4 is 0 Å². The molecule has 0 saturated carbocycles. The summed E-state index contributed by atoms with van der Waals surface area (Å²) in [6.45, 7) is 2.09. The Bertz CT molecular complexity index is 554. The number of likely N-dealkylation sites (tertiary alicyclic amines) is 1. The summed E-state index contributed by atoms with van der Waals surface area (Å²) < 4.78 is 0. The second-order valence-corrected chi connectivity index (χ2v) is 4.78. The zero-order valence-electron chi connectivity index (χ0n) is 10.9. The van der Waals surface area contributed by atoms with E-state index in [2.05, 4.69) is 0 Å². The number of carboxylic acid groups (broad SMARTS) is 1. The van der Waals surface area contributed by atoms with Crippen LogP contribution in [0.2, 0.25) is 0 Å². The third kappa shape index (κ3) is 2.47. The van der Waals surface area contributed by atoms with Crippen molar-refractivity contribution in [2.45, 2.75) is 19.4 Å². The van der Waals surface area contributed by atoms with Crippen LogP contribution in [0.5, 0.6) is 0 Å². The van der Waals surface area contributed by atoms with E-state index in [0.717, 1.165) is 0 Å². The van der Waals surface area contributed by atoms with Crippen LogP contribution in [0, 0.1) is 16.0 Å². The lowest BCUT2D eigenvalue weighted by Crippen LogP contribution is -2.37. The van der Waals surface area contributed by atoms with Gasteiger partial charge in [-0.1, -0.05) is 0 Å². The first-order valence-corrected chi connectivity index (χ1v) is 6.20. The van der Waals surface area contributed by atoms with Gasteiger partial charge in [0, 0.05) is 30.3 Å². The Morgan fingerprint density at radius 2 is 1.95 bits per heavy atom. The maximum atomic E-state index is 12.3. The minimum absolute atomic E-state index is 0.0839. The minimum atomic E-state index is -0.906. The molecule has 0 aliphatic carbocycles. The van der Waals surface area contributed by atoms with E-state index in [-0.39, 0.29) is 17.6 Å². The molecule has 7 nitrogen and oxygen atoms in total. The molecule has 2 atom stereocenters. The van der Waals surface area contributed by atoms with Gasteiger partial charge in [-0.15, -0.1) is 0 Å². The van der Waals surface area contributed by atoms with Crippen LogP contribution in [0.3, 0.4) is 0 Å². The number of carbonyl (C=O) groups excluding carboxylic acids is 1. The smallest absolute Gasteiger partial charge is 0.308 e. The molecule has 1 heterocycles. The Labute approximate surface area is 115 Å². The highest BCUT2D eigenvalue weighted by Crippen LogP contribution is 2.26. The van der Waals surface area contributed by atoms with Crippen molar-refractivity contribution in [1.29, 1.82) is 0 Å². The van der Waals surface area contributed by atoms with E-state index in [1.165, 1.54) is 29.2 Å². The van der Waals surface area contributed by atoms with Crippen LogP contribution >= 0.6 is 0 Å². The Morgan fingerprint density at radius 1 is 1.35 bits per heavy atom. The number of carboxylic acids is 1. The Morgan fingerprint density at radius 3 is 2.40 bits per heavy atom. The third-order valence-electron chi connectivity index (χ3n) is 3.66. The van der Waals surface area contributed by atoms with Gasteiger partial charge in [-0.3, -0.25) is 19.7 Å². The molecule has 0 radical (unpaired) electrons. The summed E-state index contributed by atoms with van der Waals surface area (Å²) in [5.41, 5.74) is 0.243. The first-order chi connectivity index (χ1) is 9.41. The molecule has 1 saturated heterocycles. The molecule has 2 rings (SSSR count). The number of amides is 1. The van der Waals surface area contributed by atoms with Crippen molar-refractivity contribution in [3.63, 3.8) is 0 Å². The van der Waals surface area contributed by atoms with Gasteiger partial charge in [0.1, 0.15) is 0 Å². The number of nitrogens with zero attached hydrogens (tertiary/aromatic N) is 2. The van der Waals surface area contributed by atoms with Crippen LogP contribution in [0.1, 0.15) is 23.7 Å². The molecule has 7 heteroatoms. The number of carbonyl (C=O) groups is 2. The topological polar surface area (TPSA) is 101 Å². The van der Waals surface area contributed by atoms with Gasteiger partial charge < -0.3 is 10.0 Å². The van der Waals surface area contributed by atoms with Gasteiger partial charge in [-0.2, -0.15) is 0 Å². The molecule has 1 aliphatic heterocycles. The van der Waals surface area contributed by atoms with Crippen molar-refractivity contribution in [1.82, 2.24) is 4.90 Å². The molecule has 0 aromatic heterocycles.